The van der Waals surface area contributed by atoms with Crippen molar-refractivity contribution in [3.8, 4) is 0 Å². The van der Waals surface area contributed by atoms with Crippen LogP contribution < -0.4 is 5.56 Å². The summed E-state index contributed by atoms with van der Waals surface area (Å²) >= 11 is 0. The van der Waals surface area contributed by atoms with E-state index in [4.69, 9.17) is 0 Å². The zero-order chi connectivity index (χ0) is 23.7. The maximum absolute atomic E-state index is 13.2. The molecular weight excluding hydrogens is 424 g/mol. The molecule has 0 amide bonds. The first kappa shape index (κ1) is 23.2. The predicted octanol–water partition coefficient (Wildman–Crippen LogP) is 5.53. The molecule has 1 aromatic carbocycles. The first-order valence-electron chi connectivity index (χ1n) is 13.2. The minimum Gasteiger partial charge on any atom is -0.321 e. The number of rotatable bonds is 7. The Morgan fingerprint density at radius 2 is 1.82 bits per heavy atom. The molecule has 1 atom stereocenters. The SMILES string of the molecule is CC[C@H](c1nnnn1C1CCCCC1)N(Cc1cc2ccc(C)c(C)c2[nH]c1=O)C1CCCC1. The van der Waals surface area contributed by atoms with Gasteiger partial charge in [-0.1, -0.05) is 51.2 Å². The number of hydrogen-bond acceptors (Lipinski definition) is 5. The van der Waals surface area contributed by atoms with Crippen LogP contribution in [-0.4, -0.2) is 36.1 Å². The Morgan fingerprint density at radius 1 is 1.09 bits per heavy atom. The van der Waals surface area contributed by atoms with Crippen molar-refractivity contribution >= 4 is 10.9 Å². The lowest BCUT2D eigenvalue weighted by molar-refractivity contribution is 0.109. The van der Waals surface area contributed by atoms with Crippen molar-refractivity contribution in [2.75, 3.05) is 0 Å². The molecule has 7 heteroatoms. The van der Waals surface area contributed by atoms with Gasteiger partial charge in [0.15, 0.2) is 5.82 Å². The highest BCUT2D eigenvalue weighted by atomic mass is 16.1. The van der Waals surface area contributed by atoms with E-state index in [9.17, 15) is 4.79 Å². The van der Waals surface area contributed by atoms with Gasteiger partial charge in [0.05, 0.1) is 17.6 Å². The summed E-state index contributed by atoms with van der Waals surface area (Å²) in [7, 11) is 0. The van der Waals surface area contributed by atoms with Crippen LogP contribution in [0.3, 0.4) is 0 Å². The fourth-order valence-electron chi connectivity index (χ4n) is 6.18. The van der Waals surface area contributed by atoms with E-state index in [-0.39, 0.29) is 11.6 Å². The summed E-state index contributed by atoms with van der Waals surface area (Å²) in [6, 6.07) is 7.32. The van der Waals surface area contributed by atoms with E-state index in [1.54, 1.807) is 0 Å². The van der Waals surface area contributed by atoms with Crippen LogP contribution in [0, 0.1) is 13.8 Å². The third kappa shape index (κ3) is 4.42. The molecule has 2 aromatic heterocycles. The fraction of sp³-hybridized carbons (Fsp3) is 0.630. The summed E-state index contributed by atoms with van der Waals surface area (Å²) in [6.07, 6.45) is 11.9. The van der Waals surface area contributed by atoms with Crippen molar-refractivity contribution < 1.29 is 0 Å². The second-order valence-corrected chi connectivity index (χ2v) is 10.4. The molecule has 3 aromatic rings. The number of aromatic nitrogens is 5. The Kier molecular flexibility index (Phi) is 6.82. The Labute approximate surface area is 201 Å². The zero-order valence-electron chi connectivity index (χ0n) is 20.9. The van der Waals surface area contributed by atoms with Crippen LogP contribution in [0.25, 0.3) is 10.9 Å². The number of nitrogens with one attached hydrogen (secondary N) is 1. The second-order valence-electron chi connectivity index (χ2n) is 10.4. The normalized spacial score (nSPS) is 18.8. The Balaban J connectivity index is 1.51. The van der Waals surface area contributed by atoms with Crippen LogP contribution in [0.1, 0.15) is 106 Å². The molecular formula is C27H38N6O. The van der Waals surface area contributed by atoms with E-state index in [0.29, 0.717) is 18.6 Å². The van der Waals surface area contributed by atoms with Gasteiger partial charge in [-0.05, 0) is 79.0 Å². The van der Waals surface area contributed by atoms with Crippen LogP contribution in [-0.2, 0) is 6.54 Å². The summed E-state index contributed by atoms with van der Waals surface area (Å²) in [5, 5.41) is 14.3. The summed E-state index contributed by atoms with van der Waals surface area (Å²) in [5.74, 6) is 0.977. The summed E-state index contributed by atoms with van der Waals surface area (Å²) in [5.41, 5.74) is 4.15. The molecule has 2 fully saturated rings. The highest BCUT2D eigenvalue weighted by Gasteiger charge is 2.34. The number of aromatic amines is 1. The van der Waals surface area contributed by atoms with Crippen molar-refractivity contribution in [3.63, 3.8) is 0 Å². The van der Waals surface area contributed by atoms with Crippen LogP contribution >= 0.6 is 0 Å². The van der Waals surface area contributed by atoms with E-state index >= 15 is 0 Å². The number of tetrazole rings is 1. The molecule has 2 saturated carbocycles. The van der Waals surface area contributed by atoms with Gasteiger partial charge in [0.25, 0.3) is 5.56 Å². The largest absolute Gasteiger partial charge is 0.321 e. The molecule has 0 aliphatic heterocycles. The van der Waals surface area contributed by atoms with Crippen molar-refractivity contribution in [1.29, 1.82) is 0 Å². The van der Waals surface area contributed by atoms with Gasteiger partial charge in [-0.15, -0.1) is 5.10 Å². The lowest BCUT2D eigenvalue weighted by Crippen LogP contribution is -2.39. The van der Waals surface area contributed by atoms with Crippen molar-refractivity contribution in [2.45, 2.75) is 110 Å². The van der Waals surface area contributed by atoms with Crippen molar-refractivity contribution in [1.82, 2.24) is 30.1 Å². The number of nitrogens with zero attached hydrogens (tertiary/aromatic N) is 5. The Hall–Kier alpha value is -2.54. The number of benzene rings is 1. The molecule has 0 bridgehead atoms. The van der Waals surface area contributed by atoms with E-state index < -0.39 is 0 Å². The third-order valence-electron chi connectivity index (χ3n) is 8.30. The second kappa shape index (κ2) is 9.98. The van der Waals surface area contributed by atoms with E-state index in [2.05, 4.69) is 69.1 Å². The molecule has 2 aliphatic rings. The molecule has 7 nitrogen and oxygen atoms in total. The van der Waals surface area contributed by atoms with Crippen molar-refractivity contribution in [2.24, 2.45) is 0 Å². The van der Waals surface area contributed by atoms with Crippen LogP contribution in [0.2, 0.25) is 0 Å². The lowest BCUT2D eigenvalue weighted by atomic mass is 9.95. The van der Waals surface area contributed by atoms with Crippen LogP contribution in [0.4, 0.5) is 0 Å². The lowest BCUT2D eigenvalue weighted by Gasteiger charge is -2.36. The zero-order valence-corrected chi connectivity index (χ0v) is 20.9. The average Bonchev–Trinajstić information content (AvgIpc) is 3.56. The molecule has 0 unspecified atom stereocenters. The highest BCUT2D eigenvalue weighted by Crippen LogP contribution is 2.36. The van der Waals surface area contributed by atoms with Gasteiger partial charge in [-0.3, -0.25) is 9.69 Å². The molecule has 2 aliphatic carbocycles. The molecule has 182 valence electrons. The van der Waals surface area contributed by atoms with E-state index in [1.807, 2.05) is 0 Å². The van der Waals surface area contributed by atoms with E-state index in [0.717, 1.165) is 47.1 Å². The quantitative estimate of drug-likeness (QED) is 0.499. The van der Waals surface area contributed by atoms with Crippen LogP contribution in [0.15, 0.2) is 23.0 Å². The number of H-pyrrole nitrogens is 1. The fourth-order valence-corrected chi connectivity index (χ4v) is 6.18. The number of fused-ring (bicyclic) bond motifs is 1. The summed E-state index contributed by atoms with van der Waals surface area (Å²) in [4.78, 5) is 19.0. The maximum Gasteiger partial charge on any atom is 0.252 e. The first-order chi connectivity index (χ1) is 16.6. The molecule has 1 N–H and O–H groups in total. The summed E-state index contributed by atoms with van der Waals surface area (Å²) < 4.78 is 2.12. The van der Waals surface area contributed by atoms with Gasteiger partial charge in [-0.2, -0.15) is 0 Å². The van der Waals surface area contributed by atoms with Gasteiger partial charge in [0, 0.05) is 18.2 Å². The monoisotopic (exact) mass is 462 g/mol. The molecule has 5 rings (SSSR count). The molecule has 2 heterocycles. The Morgan fingerprint density at radius 3 is 2.56 bits per heavy atom. The minimum atomic E-state index is 0.0194. The minimum absolute atomic E-state index is 0.0194. The third-order valence-corrected chi connectivity index (χ3v) is 8.30. The Bertz CT molecular complexity index is 1190. The molecule has 0 radical (unpaired) electrons. The summed E-state index contributed by atoms with van der Waals surface area (Å²) in [6.45, 7) is 7.02. The topological polar surface area (TPSA) is 79.7 Å². The maximum atomic E-state index is 13.2. The number of hydrogen-bond donors (Lipinski definition) is 1. The van der Waals surface area contributed by atoms with Gasteiger partial charge < -0.3 is 4.98 Å². The van der Waals surface area contributed by atoms with Crippen LogP contribution in [0.5, 0.6) is 0 Å². The van der Waals surface area contributed by atoms with Gasteiger partial charge >= 0.3 is 0 Å². The molecule has 0 spiro atoms. The standard InChI is InChI=1S/C27H38N6O/c1-4-24(26-29-30-31-33(26)23-12-6-5-7-13-23)32(22-10-8-9-11-22)17-21-16-20-15-14-18(2)19(3)25(20)28-27(21)34/h14-16,22-24H,4-13,17H2,1-3H3,(H,28,34)/t24-/m1/s1. The van der Waals surface area contributed by atoms with Gasteiger partial charge in [-0.25, -0.2) is 4.68 Å². The smallest absolute Gasteiger partial charge is 0.252 e. The van der Waals surface area contributed by atoms with E-state index in [1.165, 1.54) is 50.5 Å². The highest BCUT2D eigenvalue weighted by molar-refractivity contribution is 5.83. The van der Waals surface area contributed by atoms with Gasteiger partial charge in [0.2, 0.25) is 0 Å². The van der Waals surface area contributed by atoms with Gasteiger partial charge in [0.1, 0.15) is 0 Å². The number of aryl methyl sites for hydroxylation is 2. The first-order valence-corrected chi connectivity index (χ1v) is 13.2. The molecule has 34 heavy (non-hydrogen) atoms. The van der Waals surface area contributed by atoms with Crippen molar-refractivity contribution in [3.05, 3.63) is 51.1 Å². The number of pyridine rings is 1. The predicted molar refractivity (Wildman–Crippen MR) is 135 cm³/mol. The molecule has 0 saturated heterocycles. The average molecular weight is 463 g/mol.